The highest BCUT2D eigenvalue weighted by molar-refractivity contribution is 7.09. The maximum atomic E-state index is 11.8. The molecule has 4 nitrogen and oxygen atoms in total. The van der Waals surface area contributed by atoms with Crippen molar-refractivity contribution in [3.8, 4) is 0 Å². The summed E-state index contributed by atoms with van der Waals surface area (Å²) < 4.78 is 0. The van der Waals surface area contributed by atoms with Crippen LogP contribution in [0.4, 0.5) is 0 Å². The molecule has 0 atom stereocenters. The molecule has 5 heteroatoms. The SMILES string of the molecule is Cc1n[nH]c(C)c1CCC(=O)NCCc1cccs1. The second-order valence-electron chi connectivity index (χ2n) is 4.59. The molecule has 0 aliphatic rings. The molecule has 2 aromatic heterocycles. The molecule has 2 heterocycles. The fraction of sp³-hybridized carbons (Fsp3) is 0.429. The number of thiophene rings is 1. The average molecular weight is 277 g/mol. The summed E-state index contributed by atoms with van der Waals surface area (Å²) in [6.45, 7) is 4.67. The summed E-state index contributed by atoms with van der Waals surface area (Å²) in [6, 6.07) is 4.13. The Morgan fingerprint density at radius 3 is 2.89 bits per heavy atom. The van der Waals surface area contributed by atoms with Gasteiger partial charge in [-0.3, -0.25) is 9.89 Å². The van der Waals surface area contributed by atoms with E-state index in [4.69, 9.17) is 0 Å². The largest absolute Gasteiger partial charge is 0.356 e. The Morgan fingerprint density at radius 1 is 1.42 bits per heavy atom. The third-order valence-electron chi connectivity index (χ3n) is 3.16. The third kappa shape index (κ3) is 3.92. The van der Waals surface area contributed by atoms with Crippen molar-refractivity contribution in [2.75, 3.05) is 6.54 Å². The van der Waals surface area contributed by atoms with Crippen molar-refractivity contribution in [2.45, 2.75) is 33.1 Å². The van der Waals surface area contributed by atoms with Crippen molar-refractivity contribution < 1.29 is 4.79 Å². The molecular formula is C14H19N3OS. The first-order valence-corrected chi connectivity index (χ1v) is 7.34. The average Bonchev–Trinajstić information content (AvgIpc) is 2.99. The van der Waals surface area contributed by atoms with Gasteiger partial charge in [0.2, 0.25) is 5.91 Å². The van der Waals surface area contributed by atoms with Gasteiger partial charge in [0.05, 0.1) is 5.69 Å². The number of hydrogen-bond acceptors (Lipinski definition) is 3. The van der Waals surface area contributed by atoms with Crippen molar-refractivity contribution in [3.05, 3.63) is 39.3 Å². The van der Waals surface area contributed by atoms with E-state index < -0.39 is 0 Å². The van der Waals surface area contributed by atoms with Crippen molar-refractivity contribution in [1.29, 1.82) is 0 Å². The summed E-state index contributed by atoms with van der Waals surface area (Å²) in [7, 11) is 0. The van der Waals surface area contributed by atoms with Crippen LogP contribution >= 0.6 is 11.3 Å². The van der Waals surface area contributed by atoms with E-state index in [-0.39, 0.29) is 5.91 Å². The second kappa shape index (κ2) is 6.52. The molecule has 0 saturated carbocycles. The van der Waals surface area contributed by atoms with Crippen molar-refractivity contribution in [1.82, 2.24) is 15.5 Å². The van der Waals surface area contributed by atoms with E-state index in [1.54, 1.807) is 11.3 Å². The Morgan fingerprint density at radius 2 is 2.26 bits per heavy atom. The number of nitrogens with zero attached hydrogens (tertiary/aromatic N) is 1. The molecule has 102 valence electrons. The lowest BCUT2D eigenvalue weighted by Gasteiger charge is -2.04. The molecule has 0 saturated heterocycles. The number of aromatic amines is 1. The van der Waals surface area contributed by atoms with Crippen LogP contribution in [0.5, 0.6) is 0 Å². The van der Waals surface area contributed by atoms with E-state index in [2.05, 4.69) is 27.0 Å². The van der Waals surface area contributed by atoms with E-state index in [0.717, 1.165) is 29.8 Å². The Hall–Kier alpha value is -1.62. The van der Waals surface area contributed by atoms with Crippen molar-refractivity contribution in [2.24, 2.45) is 0 Å². The summed E-state index contributed by atoms with van der Waals surface area (Å²) in [4.78, 5) is 13.1. The van der Waals surface area contributed by atoms with Crippen LogP contribution < -0.4 is 5.32 Å². The number of H-pyrrole nitrogens is 1. The number of aryl methyl sites for hydroxylation is 2. The zero-order chi connectivity index (χ0) is 13.7. The normalized spacial score (nSPS) is 10.6. The van der Waals surface area contributed by atoms with Gasteiger partial charge in [-0.25, -0.2) is 0 Å². The monoisotopic (exact) mass is 277 g/mol. The molecule has 0 radical (unpaired) electrons. The zero-order valence-corrected chi connectivity index (χ0v) is 12.1. The van der Waals surface area contributed by atoms with Gasteiger partial charge in [0.25, 0.3) is 0 Å². The molecule has 0 aromatic carbocycles. The van der Waals surface area contributed by atoms with Crippen LogP contribution in [0.3, 0.4) is 0 Å². The van der Waals surface area contributed by atoms with Gasteiger partial charge in [0.1, 0.15) is 0 Å². The predicted molar refractivity (Wildman–Crippen MR) is 77.4 cm³/mol. The summed E-state index contributed by atoms with van der Waals surface area (Å²) in [5.41, 5.74) is 3.21. The fourth-order valence-electron chi connectivity index (χ4n) is 2.05. The highest BCUT2D eigenvalue weighted by Gasteiger charge is 2.08. The van der Waals surface area contributed by atoms with Crippen LogP contribution in [-0.4, -0.2) is 22.6 Å². The van der Waals surface area contributed by atoms with Crippen LogP contribution in [0.25, 0.3) is 0 Å². The minimum Gasteiger partial charge on any atom is -0.356 e. The zero-order valence-electron chi connectivity index (χ0n) is 11.3. The summed E-state index contributed by atoms with van der Waals surface area (Å²) in [5, 5.41) is 12.1. The van der Waals surface area contributed by atoms with Crippen LogP contribution in [0.2, 0.25) is 0 Å². The summed E-state index contributed by atoms with van der Waals surface area (Å²) in [5.74, 6) is 0.108. The van der Waals surface area contributed by atoms with E-state index in [1.165, 1.54) is 4.88 Å². The lowest BCUT2D eigenvalue weighted by molar-refractivity contribution is -0.121. The number of carbonyl (C=O) groups is 1. The molecule has 2 aromatic rings. The summed E-state index contributed by atoms with van der Waals surface area (Å²) >= 11 is 1.73. The smallest absolute Gasteiger partial charge is 0.220 e. The predicted octanol–water partition coefficient (Wildman–Crippen LogP) is 2.38. The van der Waals surface area contributed by atoms with Gasteiger partial charge in [0, 0.05) is 23.5 Å². The van der Waals surface area contributed by atoms with Crippen LogP contribution in [-0.2, 0) is 17.6 Å². The van der Waals surface area contributed by atoms with Crippen LogP contribution in [0, 0.1) is 13.8 Å². The Labute approximate surface area is 117 Å². The van der Waals surface area contributed by atoms with Gasteiger partial charge in [-0.1, -0.05) is 6.07 Å². The molecule has 2 rings (SSSR count). The Kier molecular flexibility index (Phi) is 4.74. The quantitative estimate of drug-likeness (QED) is 0.851. The van der Waals surface area contributed by atoms with Gasteiger partial charge in [-0.05, 0) is 43.7 Å². The molecule has 0 unspecified atom stereocenters. The first-order chi connectivity index (χ1) is 9.16. The van der Waals surface area contributed by atoms with Crippen molar-refractivity contribution in [3.63, 3.8) is 0 Å². The number of rotatable bonds is 6. The highest BCUT2D eigenvalue weighted by atomic mass is 32.1. The fourth-order valence-corrected chi connectivity index (χ4v) is 2.76. The molecule has 0 bridgehead atoms. The third-order valence-corrected chi connectivity index (χ3v) is 4.09. The Balaban J connectivity index is 1.70. The van der Waals surface area contributed by atoms with Gasteiger partial charge in [-0.2, -0.15) is 5.10 Å². The summed E-state index contributed by atoms with van der Waals surface area (Å²) in [6.07, 6.45) is 2.18. The molecule has 0 aliphatic heterocycles. The molecular weight excluding hydrogens is 258 g/mol. The Bertz CT molecular complexity index is 511. The maximum Gasteiger partial charge on any atom is 0.220 e. The highest BCUT2D eigenvalue weighted by Crippen LogP contribution is 2.11. The minimum atomic E-state index is 0.108. The second-order valence-corrected chi connectivity index (χ2v) is 5.62. The topological polar surface area (TPSA) is 57.8 Å². The van der Waals surface area contributed by atoms with Gasteiger partial charge in [-0.15, -0.1) is 11.3 Å². The number of carbonyl (C=O) groups excluding carboxylic acids is 1. The molecule has 0 aliphatic carbocycles. The number of nitrogens with one attached hydrogen (secondary N) is 2. The van der Waals surface area contributed by atoms with Gasteiger partial charge >= 0.3 is 0 Å². The van der Waals surface area contributed by atoms with Crippen LogP contribution in [0.1, 0.15) is 28.2 Å². The molecule has 0 spiro atoms. The standard InChI is InChI=1S/C14H19N3OS/c1-10-13(11(2)17-16-10)5-6-14(18)15-8-7-12-4-3-9-19-12/h3-4,9H,5-8H2,1-2H3,(H,15,18)(H,16,17). The first-order valence-electron chi connectivity index (χ1n) is 6.46. The van der Waals surface area contributed by atoms with Crippen molar-refractivity contribution >= 4 is 17.2 Å². The van der Waals surface area contributed by atoms with E-state index in [0.29, 0.717) is 13.0 Å². The minimum absolute atomic E-state index is 0.108. The maximum absolute atomic E-state index is 11.8. The lowest BCUT2D eigenvalue weighted by Crippen LogP contribution is -2.25. The molecule has 1 amide bonds. The number of hydrogen-bond donors (Lipinski definition) is 2. The van der Waals surface area contributed by atoms with Gasteiger partial charge in [0.15, 0.2) is 0 Å². The van der Waals surface area contributed by atoms with Crippen LogP contribution in [0.15, 0.2) is 17.5 Å². The number of aromatic nitrogens is 2. The van der Waals surface area contributed by atoms with Gasteiger partial charge < -0.3 is 5.32 Å². The van der Waals surface area contributed by atoms with E-state index in [1.807, 2.05) is 19.9 Å². The first kappa shape index (κ1) is 13.8. The lowest BCUT2D eigenvalue weighted by atomic mass is 10.1. The molecule has 0 fully saturated rings. The van der Waals surface area contributed by atoms with E-state index >= 15 is 0 Å². The number of amides is 1. The molecule has 19 heavy (non-hydrogen) atoms. The van der Waals surface area contributed by atoms with E-state index in [9.17, 15) is 4.79 Å². The molecule has 2 N–H and O–H groups in total.